The molecule has 0 saturated heterocycles. The molecule has 3 rings (SSSR count). The average Bonchev–Trinajstić information content (AvgIpc) is 2.91. The molecule has 1 aromatic carbocycles. The van der Waals surface area contributed by atoms with Crippen molar-refractivity contribution in [2.75, 3.05) is 0 Å². The SMILES string of the molecule is CCCCCc1cc(O)c2c(c1)OC(C)(C)C1=C2C(CC)CC1. The number of hydrogen-bond acceptors (Lipinski definition) is 2. The van der Waals surface area contributed by atoms with Crippen LogP contribution in [0.2, 0.25) is 0 Å². The Labute approximate surface area is 140 Å². The molecule has 0 spiro atoms. The Balaban J connectivity index is 2.03. The van der Waals surface area contributed by atoms with Crippen molar-refractivity contribution in [1.29, 1.82) is 0 Å². The van der Waals surface area contributed by atoms with E-state index in [9.17, 15) is 5.11 Å². The molecular formula is C21H30O2. The van der Waals surface area contributed by atoms with Crippen LogP contribution in [-0.4, -0.2) is 10.7 Å². The van der Waals surface area contributed by atoms with Crippen LogP contribution in [-0.2, 0) is 6.42 Å². The lowest BCUT2D eigenvalue weighted by atomic mass is 9.83. The third-order valence-corrected chi connectivity index (χ3v) is 5.54. The van der Waals surface area contributed by atoms with E-state index >= 15 is 0 Å². The molecule has 2 nitrogen and oxygen atoms in total. The van der Waals surface area contributed by atoms with Crippen LogP contribution in [0.1, 0.15) is 77.3 Å². The summed E-state index contributed by atoms with van der Waals surface area (Å²) in [6, 6.07) is 4.13. The van der Waals surface area contributed by atoms with E-state index in [0.717, 1.165) is 30.6 Å². The highest BCUT2D eigenvalue weighted by Gasteiger charge is 2.41. The van der Waals surface area contributed by atoms with Gasteiger partial charge in [-0.15, -0.1) is 0 Å². The summed E-state index contributed by atoms with van der Waals surface area (Å²) >= 11 is 0. The Morgan fingerprint density at radius 1 is 1.22 bits per heavy atom. The van der Waals surface area contributed by atoms with Gasteiger partial charge in [-0.1, -0.05) is 26.7 Å². The number of ether oxygens (including phenoxy) is 1. The van der Waals surface area contributed by atoms with Crippen molar-refractivity contribution in [3.05, 3.63) is 28.8 Å². The zero-order chi connectivity index (χ0) is 16.6. The Kier molecular flexibility index (Phi) is 4.44. The van der Waals surface area contributed by atoms with Gasteiger partial charge in [0, 0.05) is 0 Å². The fourth-order valence-electron chi connectivity index (χ4n) is 4.30. The van der Waals surface area contributed by atoms with Crippen molar-refractivity contribution in [2.24, 2.45) is 5.92 Å². The van der Waals surface area contributed by atoms with Crippen LogP contribution in [0, 0.1) is 5.92 Å². The number of benzene rings is 1. The normalized spacial score (nSPS) is 21.8. The molecule has 1 unspecified atom stereocenters. The van der Waals surface area contributed by atoms with E-state index < -0.39 is 0 Å². The van der Waals surface area contributed by atoms with E-state index in [4.69, 9.17) is 4.74 Å². The van der Waals surface area contributed by atoms with Crippen LogP contribution in [0.25, 0.3) is 5.57 Å². The zero-order valence-corrected chi connectivity index (χ0v) is 15.0. The molecule has 0 bridgehead atoms. The third kappa shape index (κ3) is 2.88. The van der Waals surface area contributed by atoms with Gasteiger partial charge in [0.2, 0.25) is 0 Å². The summed E-state index contributed by atoms with van der Waals surface area (Å²) in [5, 5.41) is 10.7. The summed E-state index contributed by atoms with van der Waals surface area (Å²) in [6.45, 7) is 8.81. The van der Waals surface area contributed by atoms with Crippen LogP contribution in [0.15, 0.2) is 17.7 Å². The van der Waals surface area contributed by atoms with Gasteiger partial charge in [-0.05, 0) is 80.7 Å². The Morgan fingerprint density at radius 2 is 2.00 bits per heavy atom. The van der Waals surface area contributed by atoms with Crippen molar-refractivity contribution >= 4 is 5.57 Å². The first-order valence-corrected chi connectivity index (χ1v) is 9.26. The molecule has 1 aliphatic carbocycles. The maximum absolute atomic E-state index is 10.7. The van der Waals surface area contributed by atoms with Gasteiger partial charge >= 0.3 is 0 Å². The number of aromatic hydroxyl groups is 1. The standard InChI is InChI=1S/C21H30O2/c1-5-7-8-9-14-12-17(22)20-18(13-14)23-21(3,4)16-11-10-15(6-2)19(16)20/h12-13,15,22H,5-11H2,1-4H3. The molecule has 1 atom stereocenters. The van der Waals surface area contributed by atoms with Gasteiger partial charge in [-0.25, -0.2) is 0 Å². The van der Waals surface area contributed by atoms with Gasteiger partial charge < -0.3 is 9.84 Å². The van der Waals surface area contributed by atoms with Crippen LogP contribution in [0.3, 0.4) is 0 Å². The molecule has 2 aliphatic rings. The highest BCUT2D eigenvalue weighted by Crippen LogP contribution is 2.54. The number of hydrogen-bond donors (Lipinski definition) is 1. The monoisotopic (exact) mass is 314 g/mol. The highest BCUT2D eigenvalue weighted by atomic mass is 16.5. The minimum Gasteiger partial charge on any atom is -0.507 e. The van der Waals surface area contributed by atoms with Crippen molar-refractivity contribution in [3.8, 4) is 11.5 Å². The molecule has 1 N–H and O–H groups in total. The number of phenols is 1. The van der Waals surface area contributed by atoms with E-state index in [1.54, 1.807) is 0 Å². The van der Waals surface area contributed by atoms with Crippen LogP contribution in [0.4, 0.5) is 0 Å². The molecular weight excluding hydrogens is 284 g/mol. The first-order chi connectivity index (χ1) is 11.0. The first kappa shape index (κ1) is 16.4. The summed E-state index contributed by atoms with van der Waals surface area (Å²) in [7, 11) is 0. The predicted octanol–water partition coefficient (Wildman–Crippen LogP) is 5.87. The maximum atomic E-state index is 10.7. The molecule has 1 aliphatic heterocycles. The maximum Gasteiger partial charge on any atom is 0.132 e. The zero-order valence-electron chi connectivity index (χ0n) is 15.0. The van der Waals surface area contributed by atoms with Gasteiger partial charge in [0.1, 0.15) is 17.1 Å². The quantitative estimate of drug-likeness (QED) is 0.689. The number of rotatable bonds is 5. The fourth-order valence-corrected chi connectivity index (χ4v) is 4.30. The Morgan fingerprint density at radius 3 is 2.70 bits per heavy atom. The highest BCUT2D eigenvalue weighted by molar-refractivity contribution is 5.83. The van der Waals surface area contributed by atoms with Gasteiger partial charge in [-0.3, -0.25) is 0 Å². The van der Waals surface area contributed by atoms with Crippen LogP contribution in [0.5, 0.6) is 11.5 Å². The summed E-state index contributed by atoms with van der Waals surface area (Å²) in [5.41, 5.74) is 4.69. The summed E-state index contributed by atoms with van der Waals surface area (Å²) < 4.78 is 6.34. The molecule has 0 fully saturated rings. The molecule has 0 radical (unpaired) electrons. The van der Waals surface area contributed by atoms with Crippen molar-refractivity contribution in [2.45, 2.75) is 78.2 Å². The van der Waals surface area contributed by atoms with Crippen molar-refractivity contribution in [3.63, 3.8) is 0 Å². The second-order valence-corrected chi connectivity index (χ2v) is 7.59. The van der Waals surface area contributed by atoms with Gasteiger partial charge in [0.05, 0.1) is 5.56 Å². The van der Waals surface area contributed by atoms with E-state index in [-0.39, 0.29) is 5.60 Å². The third-order valence-electron chi connectivity index (χ3n) is 5.54. The van der Waals surface area contributed by atoms with E-state index in [1.165, 1.54) is 42.4 Å². The van der Waals surface area contributed by atoms with Crippen LogP contribution < -0.4 is 4.74 Å². The number of fused-ring (bicyclic) bond motifs is 2. The van der Waals surface area contributed by atoms with E-state index in [0.29, 0.717) is 11.7 Å². The number of allylic oxidation sites excluding steroid dienone is 1. The molecule has 0 saturated carbocycles. The number of unbranched alkanes of at least 4 members (excludes halogenated alkanes) is 2. The molecule has 2 heteroatoms. The number of aryl methyl sites for hydroxylation is 1. The van der Waals surface area contributed by atoms with Gasteiger partial charge in [0.25, 0.3) is 0 Å². The lowest BCUT2D eigenvalue weighted by Gasteiger charge is -2.36. The fraction of sp³-hybridized carbons (Fsp3) is 0.619. The van der Waals surface area contributed by atoms with E-state index in [1.807, 2.05) is 6.07 Å². The molecule has 0 aromatic heterocycles. The number of phenolic OH excluding ortho intramolecular Hbond substituents is 1. The van der Waals surface area contributed by atoms with E-state index in [2.05, 4.69) is 33.8 Å². The molecule has 1 heterocycles. The topological polar surface area (TPSA) is 29.5 Å². The second-order valence-electron chi connectivity index (χ2n) is 7.59. The lowest BCUT2D eigenvalue weighted by Crippen LogP contribution is -2.34. The Hall–Kier alpha value is -1.44. The minimum atomic E-state index is -0.249. The lowest BCUT2D eigenvalue weighted by molar-refractivity contribution is 0.141. The molecule has 0 amide bonds. The molecule has 126 valence electrons. The molecule has 1 aromatic rings. The summed E-state index contributed by atoms with van der Waals surface area (Å²) in [4.78, 5) is 0. The van der Waals surface area contributed by atoms with Crippen LogP contribution >= 0.6 is 0 Å². The summed E-state index contributed by atoms with van der Waals surface area (Å²) in [5.74, 6) is 1.86. The first-order valence-electron chi connectivity index (χ1n) is 9.26. The van der Waals surface area contributed by atoms with Crippen molar-refractivity contribution < 1.29 is 9.84 Å². The van der Waals surface area contributed by atoms with Crippen molar-refractivity contribution in [1.82, 2.24) is 0 Å². The summed E-state index contributed by atoms with van der Waals surface area (Å²) in [6.07, 6.45) is 8.05. The van der Waals surface area contributed by atoms with Gasteiger partial charge in [0.15, 0.2) is 0 Å². The largest absolute Gasteiger partial charge is 0.507 e. The Bertz CT molecular complexity index is 625. The predicted molar refractivity (Wildman–Crippen MR) is 96.0 cm³/mol. The van der Waals surface area contributed by atoms with Gasteiger partial charge in [-0.2, -0.15) is 0 Å². The minimum absolute atomic E-state index is 0.249. The smallest absolute Gasteiger partial charge is 0.132 e. The molecule has 23 heavy (non-hydrogen) atoms. The average molecular weight is 314 g/mol. The second kappa shape index (κ2) is 6.22.